The lowest BCUT2D eigenvalue weighted by molar-refractivity contribution is -0.134. The average molecular weight is 501 g/mol. The minimum Gasteiger partial charge on any atom is -0.493 e. The van der Waals surface area contributed by atoms with Gasteiger partial charge in [-0.15, -0.1) is 0 Å². The lowest BCUT2D eigenvalue weighted by Crippen LogP contribution is -2.54. The normalized spacial score (nSPS) is 21.1. The van der Waals surface area contributed by atoms with Crippen molar-refractivity contribution in [3.63, 3.8) is 0 Å². The molecule has 1 atom stereocenters. The number of carbonyl (C=O) groups excluding carboxylic acids is 3. The molecule has 0 saturated carbocycles. The lowest BCUT2D eigenvalue weighted by atomic mass is 9.99. The number of nitrogens with one attached hydrogen (secondary N) is 2. The van der Waals surface area contributed by atoms with Crippen LogP contribution in [0.15, 0.2) is 65.6 Å². The van der Waals surface area contributed by atoms with Gasteiger partial charge in [-0.3, -0.25) is 19.4 Å². The number of aliphatic hydroxyl groups is 1. The SMILES string of the molecule is O=C/C(CO)=C1/C(=O)N(Cc2ccc3c(c2)CCO3)CNN1/C=C/C(=O)NCC1CC=C(F)C=C1F. The Morgan fingerprint density at radius 3 is 2.92 bits per heavy atom. The largest absolute Gasteiger partial charge is 0.493 e. The molecule has 0 spiro atoms. The minimum absolute atomic E-state index is 0.0415. The van der Waals surface area contributed by atoms with Gasteiger partial charge in [0, 0.05) is 49.4 Å². The Kier molecular flexibility index (Phi) is 7.91. The second-order valence-corrected chi connectivity index (χ2v) is 8.49. The van der Waals surface area contributed by atoms with Crippen LogP contribution in [0.1, 0.15) is 17.5 Å². The van der Waals surface area contributed by atoms with Crippen LogP contribution >= 0.6 is 0 Å². The number of halogens is 2. The summed E-state index contributed by atoms with van der Waals surface area (Å²) in [5.74, 6) is -2.22. The summed E-state index contributed by atoms with van der Waals surface area (Å²) in [6.07, 6.45) is 5.69. The number of aliphatic hydroxyl groups excluding tert-OH is 1. The molecule has 1 saturated heterocycles. The summed E-state index contributed by atoms with van der Waals surface area (Å²) in [5, 5.41) is 13.4. The summed E-state index contributed by atoms with van der Waals surface area (Å²) in [4.78, 5) is 38.5. The Hall–Kier alpha value is -3.83. The highest BCUT2D eigenvalue weighted by molar-refractivity contribution is 5.99. The molecule has 1 aliphatic carbocycles. The maximum absolute atomic E-state index is 13.8. The first-order valence-electron chi connectivity index (χ1n) is 11.4. The summed E-state index contributed by atoms with van der Waals surface area (Å²) >= 11 is 0. The van der Waals surface area contributed by atoms with E-state index in [2.05, 4.69) is 10.7 Å². The highest BCUT2D eigenvalue weighted by Gasteiger charge is 2.31. The summed E-state index contributed by atoms with van der Waals surface area (Å²) in [5.41, 5.74) is 4.61. The van der Waals surface area contributed by atoms with Crippen LogP contribution in [0.5, 0.6) is 5.75 Å². The molecule has 3 aliphatic rings. The Labute approximate surface area is 206 Å². The second kappa shape index (κ2) is 11.3. The highest BCUT2D eigenvalue weighted by Crippen LogP contribution is 2.27. The quantitative estimate of drug-likeness (QED) is 0.367. The fraction of sp³-hybridized carbons (Fsp3) is 0.320. The molecule has 1 aromatic carbocycles. The zero-order valence-corrected chi connectivity index (χ0v) is 19.4. The highest BCUT2D eigenvalue weighted by atomic mass is 19.1. The molecule has 1 unspecified atom stereocenters. The first kappa shape index (κ1) is 25.3. The van der Waals surface area contributed by atoms with E-state index in [0.717, 1.165) is 35.4 Å². The van der Waals surface area contributed by atoms with Gasteiger partial charge in [0.2, 0.25) is 5.91 Å². The van der Waals surface area contributed by atoms with Gasteiger partial charge in [-0.05, 0) is 29.7 Å². The molecule has 1 aromatic rings. The van der Waals surface area contributed by atoms with Gasteiger partial charge in [0.25, 0.3) is 5.91 Å². The zero-order valence-electron chi connectivity index (χ0n) is 19.4. The van der Waals surface area contributed by atoms with Crippen LogP contribution < -0.4 is 15.5 Å². The smallest absolute Gasteiger partial charge is 0.273 e. The number of amides is 2. The van der Waals surface area contributed by atoms with Gasteiger partial charge in [0.1, 0.15) is 23.1 Å². The van der Waals surface area contributed by atoms with Crippen LogP contribution in [0, 0.1) is 5.92 Å². The number of aldehydes is 1. The zero-order chi connectivity index (χ0) is 25.7. The second-order valence-electron chi connectivity index (χ2n) is 8.49. The van der Waals surface area contributed by atoms with E-state index in [4.69, 9.17) is 4.74 Å². The number of allylic oxidation sites excluding steroid dienone is 3. The number of nitrogens with zero attached hydrogens (tertiary/aromatic N) is 2. The fourth-order valence-electron chi connectivity index (χ4n) is 4.12. The molecular formula is C25H26F2N4O5. The summed E-state index contributed by atoms with van der Waals surface area (Å²) in [6.45, 7) is 0.235. The van der Waals surface area contributed by atoms with E-state index in [9.17, 15) is 28.3 Å². The maximum atomic E-state index is 13.8. The first-order valence-corrected chi connectivity index (χ1v) is 11.4. The van der Waals surface area contributed by atoms with Crippen LogP contribution in [0.3, 0.4) is 0 Å². The van der Waals surface area contributed by atoms with Crippen LogP contribution in [0.2, 0.25) is 0 Å². The lowest BCUT2D eigenvalue weighted by Gasteiger charge is -2.37. The third kappa shape index (κ3) is 5.69. The molecule has 4 rings (SSSR count). The van der Waals surface area contributed by atoms with Crippen molar-refractivity contribution in [3.05, 3.63) is 76.7 Å². The molecule has 9 nitrogen and oxygen atoms in total. The predicted molar refractivity (Wildman–Crippen MR) is 125 cm³/mol. The molecule has 1 fully saturated rings. The Morgan fingerprint density at radius 1 is 1.33 bits per heavy atom. The summed E-state index contributed by atoms with van der Waals surface area (Å²) in [6, 6.07) is 5.69. The van der Waals surface area contributed by atoms with Gasteiger partial charge in [-0.25, -0.2) is 14.2 Å². The van der Waals surface area contributed by atoms with Gasteiger partial charge >= 0.3 is 0 Å². The monoisotopic (exact) mass is 500 g/mol. The van der Waals surface area contributed by atoms with Gasteiger partial charge in [0.15, 0.2) is 6.29 Å². The van der Waals surface area contributed by atoms with E-state index < -0.39 is 36.0 Å². The first-order chi connectivity index (χ1) is 17.4. The Bertz CT molecular complexity index is 1180. The van der Waals surface area contributed by atoms with Crippen LogP contribution in [-0.2, 0) is 27.3 Å². The van der Waals surface area contributed by atoms with Crippen LogP contribution in [-0.4, -0.2) is 59.5 Å². The van der Waals surface area contributed by atoms with Gasteiger partial charge in [-0.1, -0.05) is 12.1 Å². The Balaban J connectivity index is 1.42. The molecular weight excluding hydrogens is 474 g/mol. The molecule has 36 heavy (non-hydrogen) atoms. The number of carbonyl (C=O) groups is 3. The van der Waals surface area contributed by atoms with Crippen molar-refractivity contribution >= 4 is 18.1 Å². The van der Waals surface area contributed by atoms with Crippen molar-refractivity contribution in [3.8, 4) is 5.75 Å². The van der Waals surface area contributed by atoms with Gasteiger partial charge in [-0.2, -0.15) is 0 Å². The Morgan fingerprint density at radius 2 is 2.17 bits per heavy atom. The summed E-state index contributed by atoms with van der Waals surface area (Å²) < 4.78 is 32.4. The average Bonchev–Trinajstić information content (AvgIpc) is 3.33. The van der Waals surface area contributed by atoms with Crippen molar-refractivity contribution in [2.24, 2.45) is 5.92 Å². The van der Waals surface area contributed by atoms with Crippen LogP contribution in [0.4, 0.5) is 8.78 Å². The van der Waals surface area contributed by atoms with E-state index >= 15 is 0 Å². The topological polar surface area (TPSA) is 111 Å². The van der Waals surface area contributed by atoms with Crippen molar-refractivity contribution in [1.82, 2.24) is 20.7 Å². The van der Waals surface area contributed by atoms with Crippen molar-refractivity contribution in [2.75, 3.05) is 26.4 Å². The molecule has 2 amide bonds. The van der Waals surface area contributed by atoms with E-state index in [1.807, 2.05) is 18.2 Å². The minimum atomic E-state index is -0.676. The maximum Gasteiger partial charge on any atom is 0.273 e. The third-order valence-electron chi connectivity index (χ3n) is 6.07. The fourth-order valence-corrected chi connectivity index (χ4v) is 4.12. The van der Waals surface area contributed by atoms with Crippen molar-refractivity contribution in [2.45, 2.75) is 19.4 Å². The number of fused-ring (bicyclic) bond motifs is 1. The van der Waals surface area contributed by atoms with Crippen LogP contribution in [0.25, 0.3) is 0 Å². The standard InChI is InChI=1S/C25H26F2N4O5/c26-20-3-2-18(21(27)10-20)11-28-23(34)5-7-31-24(19(13-32)14-33)25(35)30(15-29-31)12-16-1-4-22-17(9-16)6-8-36-22/h1,3-5,7,9-10,13,18,29,33H,2,6,8,11-12,14-15H2,(H,28,34)/b7-5+,24-19+. The van der Waals surface area contributed by atoms with E-state index in [-0.39, 0.29) is 37.4 Å². The van der Waals surface area contributed by atoms with Crippen molar-refractivity contribution < 1.29 is 33.0 Å². The number of hydrazine groups is 1. The number of hydrogen-bond acceptors (Lipinski definition) is 7. The molecule has 2 heterocycles. The van der Waals surface area contributed by atoms with Crippen molar-refractivity contribution in [1.29, 1.82) is 0 Å². The number of rotatable bonds is 8. The molecule has 190 valence electrons. The molecule has 3 N–H and O–H groups in total. The van der Waals surface area contributed by atoms with E-state index in [1.165, 1.54) is 22.2 Å². The summed E-state index contributed by atoms with van der Waals surface area (Å²) in [7, 11) is 0. The van der Waals surface area contributed by atoms with Gasteiger partial charge < -0.3 is 20.1 Å². The molecule has 2 aliphatic heterocycles. The molecule has 0 bridgehead atoms. The number of hydrogen-bond donors (Lipinski definition) is 3. The van der Waals surface area contributed by atoms with E-state index in [1.54, 1.807) is 0 Å². The van der Waals surface area contributed by atoms with E-state index in [0.29, 0.717) is 12.9 Å². The number of benzene rings is 1. The molecule has 0 radical (unpaired) electrons. The third-order valence-corrected chi connectivity index (χ3v) is 6.07. The number of ether oxygens (including phenoxy) is 1. The predicted octanol–water partition coefficient (Wildman–Crippen LogP) is 1.53. The van der Waals surface area contributed by atoms with Gasteiger partial charge in [0.05, 0.1) is 19.9 Å². The molecule has 0 aromatic heterocycles. The molecule has 11 heteroatoms.